The van der Waals surface area contributed by atoms with Crippen molar-refractivity contribution in [3.05, 3.63) is 43.7 Å². The number of rotatable bonds is 1. The fourth-order valence-electron chi connectivity index (χ4n) is 1.74. The molecule has 0 bridgehead atoms. The standard InChI is InChI=1S/C11H10ClNO3/c1-3-13-8-5-4-7(12)6(2)9(8)10(14)16-11(13)15/h4-5H,3H2,1-2H3. The molecule has 0 unspecified atom stereocenters. The Balaban J connectivity index is 3.11. The molecule has 0 radical (unpaired) electrons. The second-order valence-corrected chi connectivity index (χ2v) is 3.87. The summed E-state index contributed by atoms with van der Waals surface area (Å²) in [5.41, 5.74) is 0.561. The first-order valence-electron chi connectivity index (χ1n) is 4.89. The number of aryl methyl sites for hydroxylation is 2. The van der Waals surface area contributed by atoms with Crippen molar-refractivity contribution in [2.75, 3.05) is 0 Å². The summed E-state index contributed by atoms with van der Waals surface area (Å²) in [6, 6.07) is 3.33. The second-order valence-electron chi connectivity index (χ2n) is 3.47. The lowest BCUT2D eigenvalue weighted by molar-refractivity contribution is 0.421. The van der Waals surface area contributed by atoms with Crippen LogP contribution in [0.2, 0.25) is 5.02 Å². The monoisotopic (exact) mass is 239 g/mol. The van der Waals surface area contributed by atoms with Gasteiger partial charge in [0, 0.05) is 11.6 Å². The van der Waals surface area contributed by atoms with Crippen LogP contribution >= 0.6 is 11.6 Å². The van der Waals surface area contributed by atoms with Crippen LogP contribution in [0.15, 0.2) is 26.1 Å². The lowest BCUT2D eigenvalue weighted by Gasteiger charge is -2.07. The summed E-state index contributed by atoms with van der Waals surface area (Å²) < 4.78 is 6.04. The fraction of sp³-hybridized carbons (Fsp3) is 0.273. The van der Waals surface area contributed by atoms with Crippen molar-refractivity contribution in [1.82, 2.24) is 4.57 Å². The van der Waals surface area contributed by atoms with E-state index in [1.54, 1.807) is 19.1 Å². The van der Waals surface area contributed by atoms with E-state index in [2.05, 4.69) is 4.42 Å². The predicted molar refractivity (Wildman–Crippen MR) is 62.2 cm³/mol. The van der Waals surface area contributed by atoms with Crippen LogP contribution < -0.4 is 11.4 Å². The first-order chi connectivity index (χ1) is 7.56. The lowest BCUT2D eigenvalue weighted by atomic mass is 10.1. The van der Waals surface area contributed by atoms with Gasteiger partial charge in [-0.25, -0.2) is 9.59 Å². The number of nitrogens with zero attached hydrogens (tertiary/aromatic N) is 1. The van der Waals surface area contributed by atoms with Gasteiger partial charge in [0.05, 0.1) is 10.9 Å². The average Bonchev–Trinajstić information content (AvgIpc) is 2.23. The minimum atomic E-state index is -0.637. The van der Waals surface area contributed by atoms with E-state index in [0.29, 0.717) is 28.0 Å². The topological polar surface area (TPSA) is 52.2 Å². The highest BCUT2D eigenvalue weighted by Crippen LogP contribution is 2.21. The van der Waals surface area contributed by atoms with Crippen molar-refractivity contribution in [2.24, 2.45) is 0 Å². The summed E-state index contributed by atoms with van der Waals surface area (Å²) in [6.07, 6.45) is 0. The molecule has 1 heterocycles. The molecule has 0 N–H and O–H groups in total. The molecule has 1 aromatic heterocycles. The Bertz CT molecular complexity index is 669. The summed E-state index contributed by atoms with van der Waals surface area (Å²) in [5, 5.41) is 0.857. The van der Waals surface area contributed by atoms with Gasteiger partial charge in [0.15, 0.2) is 0 Å². The van der Waals surface area contributed by atoms with E-state index >= 15 is 0 Å². The van der Waals surface area contributed by atoms with Crippen LogP contribution in [0.1, 0.15) is 12.5 Å². The zero-order valence-electron chi connectivity index (χ0n) is 8.91. The number of benzene rings is 1. The first-order valence-corrected chi connectivity index (χ1v) is 5.26. The van der Waals surface area contributed by atoms with Crippen LogP contribution in [0.25, 0.3) is 10.9 Å². The van der Waals surface area contributed by atoms with Gasteiger partial charge in [-0.2, -0.15) is 0 Å². The third-order valence-electron chi connectivity index (χ3n) is 2.59. The predicted octanol–water partition coefficient (Wildman–Crippen LogP) is 1.94. The van der Waals surface area contributed by atoms with Gasteiger partial charge in [0.25, 0.3) is 0 Å². The van der Waals surface area contributed by atoms with E-state index in [1.807, 2.05) is 6.92 Å². The molecule has 0 aliphatic heterocycles. The van der Waals surface area contributed by atoms with Crippen LogP contribution in [-0.2, 0) is 6.54 Å². The number of hydrogen-bond donors (Lipinski definition) is 0. The van der Waals surface area contributed by atoms with Gasteiger partial charge in [-0.15, -0.1) is 0 Å². The highest BCUT2D eigenvalue weighted by molar-refractivity contribution is 6.32. The summed E-state index contributed by atoms with van der Waals surface area (Å²) >= 11 is 5.93. The Morgan fingerprint density at radius 2 is 2.06 bits per heavy atom. The molecule has 2 rings (SSSR count). The van der Waals surface area contributed by atoms with Crippen molar-refractivity contribution < 1.29 is 4.42 Å². The molecular weight excluding hydrogens is 230 g/mol. The van der Waals surface area contributed by atoms with E-state index < -0.39 is 11.4 Å². The highest BCUT2D eigenvalue weighted by Gasteiger charge is 2.12. The molecule has 16 heavy (non-hydrogen) atoms. The zero-order valence-corrected chi connectivity index (χ0v) is 9.67. The lowest BCUT2D eigenvalue weighted by Crippen LogP contribution is -2.24. The Morgan fingerprint density at radius 1 is 1.38 bits per heavy atom. The normalized spacial score (nSPS) is 10.9. The molecule has 0 atom stereocenters. The Hall–Kier alpha value is -1.55. The summed E-state index contributed by atoms with van der Waals surface area (Å²) in [5.74, 6) is -0.637. The van der Waals surface area contributed by atoms with E-state index in [4.69, 9.17) is 11.6 Å². The van der Waals surface area contributed by atoms with Gasteiger partial charge >= 0.3 is 11.4 Å². The second kappa shape index (κ2) is 3.79. The van der Waals surface area contributed by atoms with Gasteiger partial charge in [-0.05, 0) is 31.5 Å². The molecule has 84 valence electrons. The summed E-state index contributed by atoms with van der Waals surface area (Å²) in [6.45, 7) is 3.98. The highest BCUT2D eigenvalue weighted by atomic mass is 35.5. The van der Waals surface area contributed by atoms with E-state index in [0.717, 1.165) is 0 Å². The molecule has 2 aromatic rings. The fourth-order valence-corrected chi connectivity index (χ4v) is 1.90. The van der Waals surface area contributed by atoms with Crippen molar-refractivity contribution in [3.63, 3.8) is 0 Å². The van der Waals surface area contributed by atoms with Gasteiger partial charge in [-0.3, -0.25) is 4.57 Å². The SMILES string of the molecule is CCn1c(=O)oc(=O)c2c(C)c(Cl)ccc21. The van der Waals surface area contributed by atoms with Crippen molar-refractivity contribution in [1.29, 1.82) is 0 Å². The van der Waals surface area contributed by atoms with Crippen molar-refractivity contribution in [2.45, 2.75) is 20.4 Å². The molecule has 1 aromatic carbocycles. The molecule has 0 aliphatic carbocycles. The van der Waals surface area contributed by atoms with Crippen LogP contribution in [0, 0.1) is 6.92 Å². The molecule has 0 amide bonds. The van der Waals surface area contributed by atoms with Gasteiger partial charge < -0.3 is 4.42 Å². The molecule has 4 nitrogen and oxygen atoms in total. The number of halogens is 1. The van der Waals surface area contributed by atoms with Crippen molar-refractivity contribution >= 4 is 22.5 Å². The maximum absolute atomic E-state index is 11.6. The third-order valence-corrected chi connectivity index (χ3v) is 3.00. The molecule has 0 saturated heterocycles. The Morgan fingerprint density at radius 3 is 2.69 bits per heavy atom. The molecule has 0 spiro atoms. The maximum atomic E-state index is 11.6. The Labute approximate surface area is 96.1 Å². The quantitative estimate of drug-likeness (QED) is 0.764. The van der Waals surface area contributed by atoms with E-state index in [-0.39, 0.29) is 0 Å². The number of hydrogen-bond acceptors (Lipinski definition) is 3. The van der Waals surface area contributed by atoms with Crippen LogP contribution in [-0.4, -0.2) is 4.57 Å². The van der Waals surface area contributed by atoms with E-state index in [1.165, 1.54) is 4.57 Å². The minimum Gasteiger partial charge on any atom is -0.372 e. The zero-order chi connectivity index (χ0) is 11.9. The summed E-state index contributed by atoms with van der Waals surface area (Å²) in [7, 11) is 0. The van der Waals surface area contributed by atoms with Crippen LogP contribution in [0.3, 0.4) is 0 Å². The molecular formula is C11H10ClNO3. The maximum Gasteiger partial charge on any atom is 0.422 e. The minimum absolute atomic E-state index is 0.369. The number of fused-ring (bicyclic) bond motifs is 1. The van der Waals surface area contributed by atoms with Gasteiger partial charge in [0.2, 0.25) is 0 Å². The molecule has 5 heteroatoms. The smallest absolute Gasteiger partial charge is 0.372 e. The van der Waals surface area contributed by atoms with Crippen LogP contribution in [0.4, 0.5) is 0 Å². The third kappa shape index (κ3) is 1.46. The van der Waals surface area contributed by atoms with Gasteiger partial charge in [-0.1, -0.05) is 11.6 Å². The van der Waals surface area contributed by atoms with Crippen molar-refractivity contribution in [3.8, 4) is 0 Å². The first kappa shape index (κ1) is 11.0. The molecule has 0 saturated carbocycles. The van der Waals surface area contributed by atoms with Crippen LogP contribution in [0.5, 0.6) is 0 Å². The molecule has 0 aliphatic rings. The Kier molecular flexibility index (Phi) is 2.59. The average molecular weight is 240 g/mol. The summed E-state index contributed by atoms with van der Waals surface area (Å²) in [4.78, 5) is 23.0. The number of aromatic nitrogens is 1. The van der Waals surface area contributed by atoms with E-state index in [9.17, 15) is 9.59 Å². The largest absolute Gasteiger partial charge is 0.422 e. The molecule has 0 fully saturated rings. The van der Waals surface area contributed by atoms with Gasteiger partial charge in [0.1, 0.15) is 0 Å².